The molecule has 0 amide bonds. The summed E-state index contributed by atoms with van der Waals surface area (Å²) < 4.78 is 5.90. The number of thiol groups is 1. The zero-order valence-electron chi connectivity index (χ0n) is 8.22. The summed E-state index contributed by atoms with van der Waals surface area (Å²) in [7, 11) is 1.55. The molecule has 84 valence electrons. The molecular formula is C10H13BrO3S. The number of hydrogen-bond donors (Lipinski definition) is 3. The maximum absolute atomic E-state index is 9.73. The van der Waals surface area contributed by atoms with E-state index in [0.717, 1.165) is 4.47 Å². The van der Waals surface area contributed by atoms with Crippen LogP contribution in [0.3, 0.4) is 0 Å². The van der Waals surface area contributed by atoms with E-state index in [-0.39, 0.29) is 5.75 Å². The van der Waals surface area contributed by atoms with Crippen molar-refractivity contribution in [2.45, 2.75) is 12.2 Å². The molecule has 15 heavy (non-hydrogen) atoms. The lowest BCUT2D eigenvalue weighted by Crippen LogP contribution is -2.19. The first-order valence-corrected chi connectivity index (χ1v) is 5.83. The maximum Gasteiger partial charge on any atom is 0.133 e. The highest BCUT2D eigenvalue weighted by Gasteiger charge is 2.17. The number of halogens is 1. The summed E-state index contributed by atoms with van der Waals surface area (Å²) in [6.45, 7) is 0. The van der Waals surface area contributed by atoms with Crippen LogP contribution < -0.4 is 4.74 Å². The Morgan fingerprint density at radius 3 is 2.67 bits per heavy atom. The number of hydrogen-bond acceptors (Lipinski definition) is 4. The number of methoxy groups -OCH3 is 1. The van der Waals surface area contributed by atoms with Crippen LogP contribution >= 0.6 is 28.6 Å². The van der Waals surface area contributed by atoms with Crippen LogP contribution in [-0.4, -0.2) is 29.2 Å². The van der Waals surface area contributed by atoms with Crippen LogP contribution in [0.15, 0.2) is 22.7 Å². The monoisotopic (exact) mass is 292 g/mol. The van der Waals surface area contributed by atoms with Crippen molar-refractivity contribution in [1.82, 2.24) is 0 Å². The SMILES string of the molecule is COc1cc(C(O)C(O)CS)ccc1Br. The van der Waals surface area contributed by atoms with Gasteiger partial charge in [-0.05, 0) is 33.6 Å². The van der Waals surface area contributed by atoms with Gasteiger partial charge >= 0.3 is 0 Å². The molecule has 2 unspecified atom stereocenters. The second-order valence-corrected chi connectivity index (χ2v) is 4.31. The van der Waals surface area contributed by atoms with Gasteiger partial charge in [-0.25, -0.2) is 0 Å². The maximum atomic E-state index is 9.73. The second kappa shape index (κ2) is 5.75. The second-order valence-electron chi connectivity index (χ2n) is 3.09. The van der Waals surface area contributed by atoms with Gasteiger partial charge in [0.15, 0.2) is 0 Å². The van der Waals surface area contributed by atoms with E-state index >= 15 is 0 Å². The summed E-state index contributed by atoms with van der Waals surface area (Å²) in [4.78, 5) is 0. The van der Waals surface area contributed by atoms with Gasteiger partial charge < -0.3 is 14.9 Å². The lowest BCUT2D eigenvalue weighted by atomic mass is 10.1. The van der Waals surface area contributed by atoms with Crippen LogP contribution in [0.4, 0.5) is 0 Å². The van der Waals surface area contributed by atoms with Crippen LogP contribution in [0, 0.1) is 0 Å². The lowest BCUT2D eigenvalue weighted by molar-refractivity contribution is 0.0336. The van der Waals surface area contributed by atoms with Crippen molar-refractivity contribution in [1.29, 1.82) is 0 Å². The molecule has 2 atom stereocenters. The summed E-state index contributed by atoms with van der Waals surface area (Å²) in [5.41, 5.74) is 0.608. The molecule has 3 nitrogen and oxygen atoms in total. The highest BCUT2D eigenvalue weighted by atomic mass is 79.9. The van der Waals surface area contributed by atoms with E-state index in [4.69, 9.17) is 4.74 Å². The molecule has 0 saturated carbocycles. The third-order valence-corrected chi connectivity index (χ3v) is 3.10. The normalized spacial score (nSPS) is 14.7. The van der Waals surface area contributed by atoms with Crippen LogP contribution in [0.25, 0.3) is 0 Å². The van der Waals surface area contributed by atoms with Gasteiger partial charge in [0.1, 0.15) is 11.9 Å². The molecule has 5 heteroatoms. The first kappa shape index (κ1) is 12.8. The van der Waals surface area contributed by atoms with Crippen molar-refractivity contribution in [2.24, 2.45) is 0 Å². The third-order valence-electron chi connectivity index (χ3n) is 2.07. The van der Waals surface area contributed by atoms with Crippen molar-refractivity contribution in [3.05, 3.63) is 28.2 Å². The average molecular weight is 293 g/mol. The van der Waals surface area contributed by atoms with E-state index in [1.807, 2.05) is 0 Å². The third kappa shape index (κ3) is 3.11. The standard InChI is InChI=1S/C10H13BrO3S/c1-14-9-4-6(2-3-7(9)11)10(13)8(12)5-15/h2-4,8,10,12-13,15H,5H2,1H3. The van der Waals surface area contributed by atoms with Gasteiger partial charge in [0.2, 0.25) is 0 Å². The predicted octanol–water partition coefficient (Wildman–Crippen LogP) is 1.78. The minimum Gasteiger partial charge on any atom is -0.496 e. The van der Waals surface area contributed by atoms with E-state index in [1.165, 1.54) is 0 Å². The number of aliphatic hydroxyl groups excluding tert-OH is 2. The van der Waals surface area contributed by atoms with E-state index in [9.17, 15) is 10.2 Å². The highest BCUT2D eigenvalue weighted by molar-refractivity contribution is 9.10. The van der Waals surface area contributed by atoms with Gasteiger partial charge in [0.05, 0.1) is 17.7 Å². The first-order chi connectivity index (χ1) is 7.10. The predicted molar refractivity (Wildman–Crippen MR) is 65.5 cm³/mol. The van der Waals surface area contributed by atoms with Gasteiger partial charge in [0.25, 0.3) is 0 Å². The molecule has 0 bridgehead atoms. The topological polar surface area (TPSA) is 49.7 Å². The Morgan fingerprint density at radius 1 is 1.47 bits per heavy atom. The van der Waals surface area contributed by atoms with Gasteiger partial charge in [-0.1, -0.05) is 6.07 Å². The summed E-state index contributed by atoms with van der Waals surface area (Å²) in [6.07, 6.45) is -1.82. The zero-order valence-corrected chi connectivity index (χ0v) is 10.7. The Balaban J connectivity index is 2.95. The van der Waals surface area contributed by atoms with E-state index in [2.05, 4.69) is 28.6 Å². The first-order valence-electron chi connectivity index (χ1n) is 4.40. The molecule has 2 N–H and O–H groups in total. The van der Waals surface area contributed by atoms with Gasteiger partial charge in [-0.15, -0.1) is 0 Å². The molecule has 0 aromatic heterocycles. The molecule has 0 spiro atoms. The summed E-state index contributed by atoms with van der Waals surface area (Å²) in [6, 6.07) is 5.17. The molecule has 1 aromatic rings. The minimum absolute atomic E-state index is 0.208. The molecule has 0 aliphatic heterocycles. The van der Waals surface area contributed by atoms with Crippen molar-refractivity contribution in [3.63, 3.8) is 0 Å². The smallest absolute Gasteiger partial charge is 0.133 e. The molecule has 0 fully saturated rings. The van der Waals surface area contributed by atoms with Crippen molar-refractivity contribution >= 4 is 28.6 Å². The fourth-order valence-electron chi connectivity index (χ4n) is 1.18. The van der Waals surface area contributed by atoms with Crippen LogP contribution in [0.5, 0.6) is 5.75 Å². The quantitative estimate of drug-likeness (QED) is 0.742. The van der Waals surface area contributed by atoms with Crippen molar-refractivity contribution in [2.75, 3.05) is 12.9 Å². The summed E-state index contributed by atoms with van der Waals surface area (Å²) >= 11 is 7.23. The van der Waals surface area contributed by atoms with E-state index in [0.29, 0.717) is 11.3 Å². The highest BCUT2D eigenvalue weighted by Crippen LogP contribution is 2.29. The number of rotatable bonds is 4. The molecule has 0 saturated heterocycles. The van der Waals surface area contributed by atoms with Crippen molar-refractivity contribution in [3.8, 4) is 5.75 Å². The van der Waals surface area contributed by atoms with Gasteiger partial charge in [-0.2, -0.15) is 12.6 Å². The Morgan fingerprint density at radius 2 is 2.13 bits per heavy atom. The van der Waals surface area contributed by atoms with Crippen molar-refractivity contribution < 1.29 is 14.9 Å². The van der Waals surface area contributed by atoms with Crippen LogP contribution in [-0.2, 0) is 0 Å². The fraction of sp³-hybridized carbons (Fsp3) is 0.400. The molecule has 1 aromatic carbocycles. The zero-order chi connectivity index (χ0) is 11.4. The molecule has 0 aliphatic rings. The Bertz CT molecular complexity index is 332. The Kier molecular flexibility index (Phi) is 4.92. The van der Waals surface area contributed by atoms with E-state index in [1.54, 1.807) is 25.3 Å². The minimum atomic E-state index is -0.940. The van der Waals surface area contributed by atoms with E-state index < -0.39 is 12.2 Å². The Labute approximate surface area is 103 Å². The van der Waals surface area contributed by atoms with Crippen LogP contribution in [0.2, 0.25) is 0 Å². The van der Waals surface area contributed by atoms with Crippen LogP contribution in [0.1, 0.15) is 11.7 Å². The molecule has 0 aliphatic carbocycles. The fourth-order valence-corrected chi connectivity index (χ4v) is 1.79. The number of aliphatic hydroxyl groups is 2. The summed E-state index contributed by atoms with van der Waals surface area (Å²) in [5, 5.41) is 19.2. The largest absolute Gasteiger partial charge is 0.496 e. The van der Waals surface area contributed by atoms with Gasteiger partial charge in [0, 0.05) is 5.75 Å². The average Bonchev–Trinajstić information content (AvgIpc) is 2.27. The molecule has 0 heterocycles. The molecule has 0 radical (unpaired) electrons. The Hall–Kier alpha value is -0.230. The molecule has 1 rings (SSSR count). The van der Waals surface area contributed by atoms with Gasteiger partial charge in [-0.3, -0.25) is 0 Å². The number of ether oxygens (including phenoxy) is 1. The summed E-state index contributed by atoms with van der Waals surface area (Å²) in [5.74, 6) is 0.831. The lowest BCUT2D eigenvalue weighted by Gasteiger charge is -2.17. The number of benzene rings is 1. The molecular weight excluding hydrogens is 280 g/mol.